The summed E-state index contributed by atoms with van der Waals surface area (Å²) in [5.74, 6) is -0.0258. The van der Waals surface area contributed by atoms with E-state index in [-0.39, 0.29) is 24.5 Å². The van der Waals surface area contributed by atoms with Gasteiger partial charge in [0, 0.05) is 5.41 Å². The van der Waals surface area contributed by atoms with Crippen LogP contribution in [-0.2, 0) is 4.79 Å². The van der Waals surface area contributed by atoms with Gasteiger partial charge in [-0.2, -0.15) is 0 Å². The van der Waals surface area contributed by atoms with Crippen LogP contribution in [0.15, 0.2) is 0 Å². The number of aliphatic hydroxyl groups excluding tert-OH is 2. The van der Waals surface area contributed by atoms with Crippen LogP contribution in [0.5, 0.6) is 0 Å². The predicted molar refractivity (Wildman–Crippen MR) is 66.5 cm³/mol. The molecule has 0 saturated heterocycles. The van der Waals surface area contributed by atoms with Gasteiger partial charge in [-0.05, 0) is 19.3 Å². The van der Waals surface area contributed by atoms with Gasteiger partial charge < -0.3 is 15.5 Å². The van der Waals surface area contributed by atoms with Crippen molar-refractivity contribution in [2.75, 3.05) is 13.2 Å². The van der Waals surface area contributed by atoms with Gasteiger partial charge >= 0.3 is 0 Å². The maximum atomic E-state index is 12.3. The highest BCUT2D eigenvalue weighted by molar-refractivity contribution is 5.83. The molecule has 0 aliphatic heterocycles. The molecular formula is C13H25NO3. The molecule has 4 heteroatoms. The molecule has 100 valence electrons. The molecule has 4 nitrogen and oxygen atoms in total. The van der Waals surface area contributed by atoms with Crippen LogP contribution in [0.1, 0.15) is 52.4 Å². The third-order valence-corrected chi connectivity index (χ3v) is 4.17. The minimum atomic E-state index is -0.864. The fraction of sp³-hybridized carbons (Fsp3) is 0.923. The number of nitrogens with one attached hydrogen (secondary N) is 1. The van der Waals surface area contributed by atoms with Crippen LogP contribution in [-0.4, -0.2) is 34.9 Å². The van der Waals surface area contributed by atoms with Crippen molar-refractivity contribution in [3.05, 3.63) is 0 Å². The average molecular weight is 243 g/mol. The molecule has 17 heavy (non-hydrogen) atoms. The van der Waals surface area contributed by atoms with Crippen LogP contribution < -0.4 is 5.32 Å². The first kappa shape index (κ1) is 14.5. The maximum Gasteiger partial charge on any atom is 0.226 e. The highest BCUT2D eigenvalue weighted by atomic mass is 16.3. The molecule has 1 rings (SSSR count). The number of amides is 1. The summed E-state index contributed by atoms with van der Waals surface area (Å²) in [6, 6.07) is 0. The number of carbonyl (C=O) groups excluding carboxylic acids is 1. The third-order valence-electron chi connectivity index (χ3n) is 4.17. The molecule has 0 aromatic heterocycles. The highest BCUT2D eigenvalue weighted by Crippen LogP contribution is 2.36. The molecule has 0 aromatic rings. The smallest absolute Gasteiger partial charge is 0.226 e. The van der Waals surface area contributed by atoms with Gasteiger partial charge in [0.05, 0.1) is 18.8 Å². The van der Waals surface area contributed by atoms with Crippen LogP contribution in [0.4, 0.5) is 0 Å². The molecule has 0 atom stereocenters. The molecule has 0 aromatic carbocycles. The molecule has 0 unspecified atom stereocenters. The van der Waals surface area contributed by atoms with Crippen molar-refractivity contribution in [2.45, 2.75) is 57.9 Å². The van der Waals surface area contributed by atoms with Gasteiger partial charge in [-0.25, -0.2) is 0 Å². The lowest BCUT2D eigenvalue weighted by Crippen LogP contribution is -2.57. The Hall–Kier alpha value is -0.610. The first-order chi connectivity index (χ1) is 8.02. The lowest BCUT2D eigenvalue weighted by atomic mass is 9.74. The Morgan fingerprint density at radius 3 is 2.18 bits per heavy atom. The number of rotatable bonds is 5. The van der Waals surface area contributed by atoms with Crippen molar-refractivity contribution in [3.8, 4) is 0 Å². The summed E-state index contributed by atoms with van der Waals surface area (Å²) in [5.41, 5.74) is -1.19. The minimum Gasteiger partial charge on any atom is -0.394 e. The van der Waals surface area contributed by atoms with Crippen molar-refractivity contribution in [1.82, 2.24) is 5.32 Å². The fourth-order valence-electron chi connectivity index (χ4n) is 2.39. The Balaban J connectivity index is 2.69. The monoisotopic (exact) mass is 243 g/mol. The zero-order valence-electron chi connectivity index (χ0n) is 11.0. The molecular weight excluding hydrogens is 218 g/mol. The Morgan fingerprint density at radius 1 is 1.24 bits per heavy atom. The summed E-state index contributed by atoms with van der Waals surface area (Å²) in [5, 5.41) is 21.5. The summed E-state index contributed by atoms with van der Waals surface area (Å²) in [4.78, 5) is 12.3. The molecule has 1 aliphatic rings. The SMILES string of the molecule is CCC(CO)(CO)NC(=O)C1(C)CCCCC1. The van der Waals surface area contributed by atoms with Crippen molar-refractivity contribution in [1.29, 1.82) is 0 Å². The fourth-order valence-corrected chi connectivity index (χ4v) is 2.39. The van der Waals surface area contributed by atoms with Gasteiger partial charge in [-0.3, -0.25) is 4.79 Å². The van der Waals surface area contributed by atoms with Crippen molar-refractivity contribution >= 4 is 5.91 Å². The molecule has 0 heterocycles. The van der Waals surface area contributed by atoms with E-state index in [1.165, 1.54) is 6.42 Å². The van der Waals surface area contributed by atoms with E-state index in [1.807, 2.05) is 13.8 Å². The van der Waals surface area contributed by atoms with Crippen molar-refractivity contribution < 1.29 is 15.0 Å². The van der Waals surface area contributed by atoms with Gasteiger partial charge in [0.2, 0.25) is 5.91 Å². The molecule has 0 bridgehead atoms. The molecule has 0 radical (unpaired) electrons. The molecule has 3 N–H and O–H groups in total. The van der Waals surface area contributed by atoms with Crippen LogP contribution in [0, 0.1) is 5.41 Å². The average Bonchev–Trinajstić information content (AvgIpc) is 2.37. The van der Waals surface area contributed by atoms with Gasteiger partial charge in [0.25, 0.3) is 0 Å². The first-order valence-corrected chi connectivity index (χ1v) is 6.56. The summed E-state index contributed by atoms with van der Waals surface area (Å²) in [6.45, 7) is 3.40. The van der Waals surface area contributed by atoms with E-state index < -0.39 is 5.54 Å². The number of hydrogen-bond donors (Lipinski definition) is 3. The lowest BCUT2D eigenvalue weighted by molar-refractivity contribution is -0.135. The quantitative estimate of drug-likeness (QED) is 0.679. The van der Waals surface area contributed by atoms with E-state index in [9.17, 15) is 15.0 Å². The molecule has 0 spiro atoms. The van der Waals surface area contributed by atoms with E-state index in [0.29, 0.717) is 6.42 Å². The Labute approximate surface area is 103 Å². The standard InChI is InChI=1S/C13H25NO3/c1-3-13(9-15,10-16)14-11(17)12(2)7-5-4-6-8-12/h15-16H,3-10H2,1-2H3,(H,14,17). The van der Waals surface area contributed by atoms with Crippen LogP contribution in [0.2, 0.25) is 0 Å². The van der Waals surface area contributed by atoms with E-state index >= 15 is 0 Å². The van der Waals surface area contributed by atoms with Gasteiger partial charge in [-0.15, -0.1) is 0 Å². The highest BCUT2D eigenvalue weighted by Gasteiger charge is 2.39. The van der Waals surface area contributed by atoms with Gasteiger partial charge in [0.1, 0.15) is 0 Å². The summed E-state index contributed by atoms with van der Waals surface area (Å²) in [7, 11) is 0. The second-order valence-corrected chi connectivity index (χ2v) is 5.53. The largest absolute Gasteiger partial charge is 0.394 e. The maximum absolute atomic E-state index is 12.3. The van der Waals surface area contributed by atoms with E-state index in [2.05, 4.69) is 5.32 Å². The summed E-state index contributed by atoms with van der Waals surface area (Å²) in [6.07, 6.45) is 5.69. The second-order valence-electron chi connectivity index (χ2n) is 5.53. The van der Waals surface area contributed by atoms with E-state index in [4.69, 9.17) is 0 Å². The summed E-state index contributed by atoms with van der Waals surface area (Å²) >= 11 is 0. The predicted octanol–water partition coefficient (Wildman–Crippen LogP) is 1.21. The molecule has 1 saturated carbocycles. The lowest BCUT2D eigenvalue weighted by Gasteiger charge is -2.37. The van der Waals surface area contributed by atoms with E-state index in [0.717, 1.165) is 25.7 Å². The van der Waals surface area contributed by atoms with Gasteiger partial charge in [0.15, 0.2) is 0 Å². The van der Waals surface area contributed by atoms with E-state index in [1.54, 1.807) is 0 Å². The Bertz CT molecular complexity index is 247. The Kier molecular flexibility index (Phi) is 4.95. The molecule has 1 fully saturated rings. The van der Waals surface area contributed by atoms with Crippen LogP contribution >= 0.6 is 0 Å². The first-order valence-electron chi connectivity index (χ1n) is 6.56. The zero-order valence-corrected chi connectivity index (χ0v) is 11.0. The molecule has 1 aliphatic carbocycles. The molecule has 1 amide bonds. The summed E-state index contributed by atoms with van der Waals surface area (Å²) < 4.78 is 0. The van der Waals surface area contributed by atoms with Crippen molar-refractivity contribution in [3.63, 3.8) is 0 Å². The zero-order chi connectivity index (χ0) is 12.9. The van der Waals surface area contributed by atoms with Gasteiger partial charge in [-0.1, -0.05) is 33.1 Å². The number of carbonyl (C=O) groups is 1. The third kappa shape index (κ3) is 3.19. The topological polar surface area (TPSA) is 69.6 Å². The van der Waals surface area contributed by atoms with Crippen LogP contribution in [0.3, 0.4) is 0 Å². The van der Waals surface area contributed by atoms with Crippen molar-refractivity contribution in [2.24, 2.45) is 5.41 Å². The number of hydrogen-bond acceptors (Lipinski definition) is 3. The number of aliphatic hydroxyl groups is 2. The minimum absolute atomic E-state index is 0.0258. The Morgan fingerprint density at radius 2 is 1.76 bits per heavy atom. The normalized spacial score (nSPS) is 20.0. The van der Waals surface area contributed by atoms with Crippen LogP contribution in [0.25, 0.3) is 0 Å². The second kappa shape index (κ2) is 5.83.